The first-order valence-corrected chi connectivity index (χ1v) is 11.0. The van der Waals surface area contributed by atoms with E-state index in [1.807, 2.05) is 4.90 Å². The molecule has 2 aromatic heterocycles. The second-order valence-corrected chi connectivity index (χ2v) is 8.51. The maximum absolute atomic E-state index is 12.7. The third kappa shape index (κ3) is 3.83. The van der Waals surface area contributed by atoms with Crippen LogP contribution in [-0.2, 0) is 25.4 Å². The Morgan fingerprint density at radius 2 is 1.75 bits per heavy atom. The highest BCUT2D eigenvalue weighted by Gasteiger charge is 2.22. The molecular weight excluding hydrogens is 408 g/mol. The van der Waals surface area contributed by atoms with Crippen LogP contribution < -0.4 is 16.1 Å². The summed E-state index contributed by atoms with van der Waals surface area (Å²) in [4.78, 5) is 45.8. The number of hydrogen-bond donors (Lipinski definition) is 0. The third-order valence-electron chi connectivity index (χ3n) is 6.56. The largest absolute Gasteiger partial charge is 0.368 e. The summed E-state index contributed by atoms with van der Waals surface area (Å²) in [5.74, 6) is 0.135. The molecular formula is C23H30N6O3. The van der Waals surface area contributed by atoms with Crippen molar-refractivity contribution in [1.82, 2.24) is 23.6 Å². The fourth-order valence-electron chi connectivity index (χ4n) is 4.40. The molecule has 3 aromatic rings. The highest BCUT2D eigenvalue weighted by atomic mass is 16.2. The van der Waals surface area contributed by atoms with Crippen LogP contribution in [0.25, 0.3) is 11.2 Å². The Balaban J connectivity index is 1.35. The Hall–Kier alpha value is -3.36. The van der Waals surface area contributed by atoms with E-state index < -0.39 is 5.69 Å². The van der Waals surface area contributed by atoms with Gasteiger partial charge in [0.05, 0.1) is 6.33 Å². The van der Waals surface area contributed by atoms with E-state index in [9.17, 15) is 14.4 Å². The maximum Gasteiger partial charge on any atom is 0.332 e. The zero-order valence-electron chi connectivity index (χ0n) is 19.2. The van der Waals surface area contributed by atoms with Crippen LogP contribution in [0, 0.1) is 13.8 Å². The minimum Gasteiger partial charge on any atom is -0.368 e. The average molecular weight is 439 g/mol. The van der Waals surface area contributed by atoms with Gasteiger partial charge in [-0.15, -0.1) is 0 Å². The first kappa shape index (κ1) is 21.9. The van der Waals surface area contributed by atoms with E-state index in [1.54, 1.807) is 17.9 Å². The molecule has 0 aliphatic carbocycles. The average Bonchev–Trinajstić information content (AvgIpc) is 3.22. The summed E-state index contributed by atoms with van der Waals surface area (Å²) in [6.07, 6.45) is 2.58. The van der Waals surface area contributed by atoms with E-state index in [4.69, 9.17) is 0 Å². The standard InChI is InChI=1S/C23H30N6O3/c1-16-7-5-8-18(17(16)2)27-11-13-28(14-12-27)19(30)9-6-10-29-15-24-21-20(29)22(31)26(4)23(32)25(21)3/h5,7-8,15H,6,9-14H2,1-4H3. The monoisotopic (exact) mass is 438 g/mol. The predicted molar refractivity (Wildman–Crippen MR) is 124 cm³/mol. The molecule has 9 heteroatoms. The second-order valence-electron chi connectivity index (χ2n) is 8.51. The van der Waals surface area contributed by atoms with E-state index in [1.165, 1.54) is 28.4 Å². The van der Waals surface area contributed by atoms with Crippen molar-refractivity contribution >= 4 is 22.8 Å². The second kappa shape index (κ2) is 8.64. The number of amides is 1. The van der Waals surface area contributed by atoms with Crippen LogP contribution >= 0.6 is 0 Å². The summed E-state index contributed by atoms with van der Waals surface area (Å²) >= 11 is 0. The zero-order valence-corrected chi connectivity index (χ0v) is 19.2. The lowest BCUT2D eigenvalue weighted by molar-refractivity contribution is -0.131. The van der Waals surface area contributed by atoms with Crippen LogP contribution in [0.4, 0.5) is 5.69 Å². The molecule has 0 bridgehead atoms. The van der Waals surface area contributed by atoms with Gasteiger partial charge in [-0.2, -0.15) is 0 Å². The number of imidazole rings is 1. The molecule has 1 aliphatic heterocycles. The number of aryl methyl sites for hydroxylation is 3. The van der Waals surface area contributed by atoms with Gasteiger partial charge in [0.25, 0.3) is 5.56 Å². The first-order chi connectivity index (χ1) is 15.3. The molecule has 170 valence electrons. The molecule has 1 aliphatic rings. The van der Waals surface area contributed by atoms with Crippen LogP contribution in [0.3, 0.4) is 0 Å². The molecule has 0 unspecified atom stereocenters. The number of piperazine rings is 1. The normalized spacial score (nSPS) is 14.4. The van der Waals surface area contributed by atoms with Crippen molar-refractivity contribution in [1.29, 1.82) is 0 Å². The number of fused-ring (bicyclic) bond motifs is 1. The Morgan fingerprint density at radius 1 is 1.03 bits per heavy atom. The van der Waals surface area contributed by atoms with Gasteiger partial charge in [-0.05, 0) is 37.5 Å². The zero-order chi connectivity index (χ0) is 23.0. The summed E-state index contributed by atoms with van der Waals surface area (Å²) in [7, 11) is 3.06. The van der Waals surface area contributed by atoms with Gasteiger partial charge in [0.2, 0.25) is 5.91 Å². The minimum absolute atomic E-state index is 0.135. The van der Waals surface area contributed by atoms with Crippen molar-refractivity contribution in [3.63, 3.8) is 0 Å². The number of aromatic nitrogens is 4. The van der Waals surface area contributed by atoms with Crippen molar-refractivity contribution in [2.75, 3.05) is 31.1 Å². The van der Waals surface area contributed by atoms with Gasteiger partial charge in [-0.3, -0.25) is 18.7 Å². The molecule has 3 heterocycles. The van der Waals surface area contributed by atoms with Crippen LogP contribution in [0.15, 0.2) is 34.1 Å². The van der Waals surface area contributed by atoms with E-state index in [2.05, 4.69) is 41.9 Å². The molecule has 9 nitrogen and oxygen atoms in total. The Bertz CT molecular complexity index is 1280. The molecule has 4 rings (SSSR count). The van der Waals surface area contributed by atoms with Gasteiger partial charge in [0.1, 0.15) is 0 Å². The molecule has 1 aromatic carbocycles. The highest BCUT2D eigenvalue weighted by molar-refractivity contribution is 5.76. The molecule has 32 heavy (non-hydrogen) atoms. The van der Waals surface area contributed by atoms with Gasteiger partial charge in [0, 0.05) is 58.9 Å². The predicted octanol–water partition coefficient (Wildman–Crippen LogP) is 1.18. The smallest absolute Gasteiger partial charge is 0.332 e. The Morgan fingerprint density at radius 3 is 2.47 bits per heavy atom. The lowest BCUT2D eigenvalue weighted by Crippen LogP contribution is -2.49. The van der Waals surface area contributed by atoms with Gasteiger partial charge in [-0.1, -0.05) is 12.1 Å². The van der Waals surface area contributed by atoms with Crippen molar-refractivity contribution in [3.8, 4) is 0 Å². The van der Waals surface area contributed by atoms with Gasteiger partial charge in [-0.25, -0.2) is 9.78 Å². The molecule has 0 saturated carbocycles. The number of carbonyl (C=O) groups is 1. The maximum atomic E-state index is 12.7. The van der Waals surface area contributed by atoms with Gasteiger partial charge < -0.3 is 14.4 Å². The quantitative estimate of drug-likeness (QED) is 0.597. The van der Waals surface area contributed by atoms with Crippen LogP contribution in [0.2, 0.25) is 0 Å². The summed E-state index contributed by atoms with van der Waals surface area (Å²) < 4.78 is 4.19. The van der Waals surface area contributed by atoms with Crippen molar-refractivity contribution in [2.45, 2.75) is 33.2 Å². The molecule has 1 fully saturated rings. The SMILES string of the molecule is Cc1cccc(N2CCN(C(=O)CCCn3cnc4c3c(=O)n(C)c(=O)n4C)CC2)c1C. The summed E-state index contributed by atoms with van der Waals surface area (Å²) in [6, 6.07) is 6.35. The van der Waals surface area contributed by atoms with Crippen LogP contribution in [0.5, 0.6) is 0 Å². The van der Waals surface area contributed by atoms with E-state index in [-0.39, 0.29) is 11.5 Å². The number of nitrogens with zero attached hydrogens (tertiary/aromatic N) is 6. The topological polar surface area (TPSA) is 85.4 Å². The van der Waals surface area contributed by atoms with Crippen molar-refractivity contribution in [3.05, 3.63) is 56.5 Å². The molecule has 0 spiro atoms. The van der Waals surface area contributed by atoms with Gasteiger partial charge >= 0.3 is 5.69 Å². The first-order valence-electron chi connectivity index (χ1n) is 11.0. The number of rotatable bonds is 5. The lowest BCUT2D eigenvalue weighted by atomic mass is 10.1. The van der Waals surface area contributed by atoms with E-state index >= 15 is 0 Å². The molecule has 1 amide bonds. The minimum atomic E-state index is -0.400. The van der Waals surface area contributed by atoms with E-state index in [0.29, 0.717) is 43.6 Å². The van der Waals surface area contributed by atoms with Crippen LogP contribution in [-0.4, -0.2) is 55.7 Å². The molecule has 0 atom stereocenters. The number of carbonyl (C=O) groups excluding carboxylic acids is 1. The van der Waals surface area contributed by atoms with Crippen LogP contribution in [0.1, 0.15) is 24.0 Å². The van der Waals surface area contributed by atoms with Crippen molar-refractivity contribution in [2.24, 2.45) is 14.1 Å². The highest BCUT2D eigenvalue weighted by Crippen LogP contribution is 2.24. The Kier molecular flexibility index (Phi) is 5.90. The molecule has 0 N–H and O–H groups in total. The van der Waals surface area contributed by atoms with Crippen molar-refractivity contribution < 1.29 is 4.79 Å². The number of benzene rings is 1. The number of hydrogen-bond acceptors (Lipinski definition) is 5. The summed E-state index contributed by atoms with van der Waals surface area (Å²) in [5.41, 5.74) is 3.82. The molecule has 1 saturated heterocycles. The van der Waals surface area contributed by atoms with E-state index in [0.717, 1.165) is 17.7 Å². The molecule has 0 radical (unpaired) electrons. The third-order valence-corrected chi connectivity index (χ3v) is 6.56. The number of anilines is 1. The lowest BCUT2D eigenvalue weighted by Gasteiger charge is -2.37. The fourth-order valence-corrected chi connectivity index (χ4v) is 4.40. The van der Waals surface area contributed by atoms with Gasteiger partial charge in [0.15, 0.2) is 11.2 Å². The fraction of sp³-hybridized carbons (Fsp3) is 0.478. The summed E-state index contributed by atoms with van der Waals surface area (Å²) in [5, 5.41) is 0. The Labute approximate surface area is 186 Å². The summed E-state index contributed by atoms with van der Waals surface area (Å²) in [6.45, 7) is 7.84.